The minimum absolute atomic E-state index is 0.0139. The predicted molar refractivity (Wildman–Crippen MR) is 94.1 cm³/mol. The van der Waals surface area contributed by atoms with E-state index in [0.29, 0.717) is 5.56 Å². The molecule has 0 aliphatic heterocycles. The smallest absolute Gasteiger partial charge is 0.185 e. The number of rotatable bonds is 6. The number of nitrogens with zero attached hydrogens (tertiary/aromatic N) is 2. The van der Waals surface area contributed by atoms with Crippen LogP contribution in [0.3, 0.4) is 0 Å². The summed E-state index contributed by atoms with van der Waals surface area (Å²) in [5.41, 5.74) is 2.76. The Morgan fingerprint density at radius 2 is 1.88 bits per heavy atom. The third-order valence-corrected chi connectivity index (χ3v) is 3.71. The van der Waals surface area contributed by atoms with Gasteiger partial charge in [-0.15, -0.1) is 0 Å². The topological polar surface area (TPSA) is 44.1 Å². The second kappa shape index (κ2) is 7.42. The van der Waals surface area contributed by atoms with Gasteiger partial charge in [-0.25, -0.2) is 4.98 Å². The molecule has 1 heterocycles. The number of hydrogen-bond acceptors (Lipinski definition) is 3. The first-order valence-electron chi connectivity index (χ1n) is 7.66. The zero-order chi connectivity index (χ0) is 16.8. The Bertz CT molecular complexity index is 817. The normalized spacial score (nSPS) is 10.9. The van der Waals surface area contributed by atoms with Crippen LogP contribution < -0.4 is 4.74 Å². The maximum Gasteiger partial charge on any atom is 0.185 e. The van der Waals surface area contributed by atoms with E-state index < -0.39 is 0 Å². The van der Waals surface area contributed by atoms with Crippen molar-refractivity contribution in [1.29, 1.82) is 0 Å². The van der Waals surface area contributed by atoms with Gasteiger partial charge in [0.2, 0.25) is 0 Å². The van der Waals surface area contributed by atoms with E-state index in [4.69, 9.17) is 4.74 Å². The lowest BCUT2D eigenvalue weighted by atomic mass is 10.1. The molecular weight excluding hydrogens is 300 g/mol. The molecule has 0 N–H and O–H groups in total. The van der Waals surface area contributed by atoms with Crippen LogP contribution in [0.1, 0.15) is 21.5 Å². The van der Waals surface area contributed by atoms with E-state index in [-0.39, 0.29) is 5.78 Å². The first-order chi connectivity index (χ1) is 11.7. The minimum Gasteiger partial charge on any atom is -0.497 e. The fourth-order valence-electron chi connectivity index (χ4n) is 2.35. The van der Waals surface area contributed by atoms with Crippen molar-refractivity contribution in [3.05, 3.63) is 90.0 Å². The quantitative estimate of drug-likeness (QED) is 0.512. The average Bonchev–Trinajstić information content (AvgIpc) is 3.14. The Kier molecular flexibility index (Phi) is 4.87. The molecule has 2 aromatic carbocycles. The van der Waals surface area contributed by atoms with E-state index in [0.717, 1.165) is 23.4 Å². The first-order valence-corrected chi connectivity index (χ1v) is 7.66. The second-order valence-corrected chi connectivity index (χ2v) is 5.40. The van der Waals surface area contributed by atoms with Crippen molar-refractivity contribution >= 4 is 11.9 Å². The average molecular weight is 318 g/mol. The third kappa shape index (κ3) is 3.98. The maximum atomic E-state index is 12.2. The molecule has 0 unspecified atom stereocenters. The van der Waals surface area contributed by atoms with Crippen LogP contribution >= 0.6 is 0 Å². The highest BCUT2D eigenvalue weighted by Gasteiger charge is 2.02. The second-order valence-electron chi connectivity index (χ2n) is 5.40. The first kappa shape index (κ1) is 15.7. The van der Waals surface area contributed by atoms with Gasteiger partial charge in [-0.1, -0.05) is 42.5 Å². The van der Waals surface area contributed by atoms with E-state index >= 15 is 0 Å². The molecule has 3 rings (SSSR count). The molecule has 0 fully saturated rings. The van der Waals surface area contributed by atoms with Gasteiger partial charge in [0.1, 0.15) is 5.75 Å². The number of ketones is 1. The van der Waals surface area contributed by atoms with Gasteiger partial charge in [0.05, 0.1) is 13.4 Å². The van der Waals surface area contributed by atoms with E-state index in [2.05, 4.69) is 4.98 Å². The summed E-state index contributed by atoms with van der Waals surface area (Å²) < 4.78 is 7.10. The van der Waals surface area contributed by atoms with Gasteiger partial charge in [0.25, 0.3) is 0 Å². The molecule has 4 nitrogen and oxygen atoms in total. The highest BCUT2D eigenvalue weighted by molar-refractivity contribution is 6.06. The van der Waals surface area contributed by atoms with Crippen molar-refractivity contribution < 1.29 is 9.53 Å². The number of imidazole rings is 1. The molecule has 3 aromatic rings. The largest absolute Gasteiger partial charge is 0.497 e. The van der Waals surface area contributed by atoms with E-state index in [1.807, 2.05) is 59.3 Å². The Labute approximate surface area is 141 Å². The number of carbonyl (C=O) groups is 1. The van der Waals surface area contributed by atoms with Crippen LogP contribution in [-0.2, 0) is 6.54 Å². The van der Waals surface area contributed by atoms with Crippen molar-refractivity contribution in [2.45, 2.75) is 6.54 Å². The number of ether oxygens (including phenoxy) is 1. The highest BCUT2D eigenvalue weighted by atomic mass is 16.5. The fourth-order valence-corrected chi connectivity index (χ4v) is 2.35. The van der Waals surface area contributed by atoms with Gasteiger partial charge in [-0.05, 0) is 29.3 Å². The van der Waals surface area contributed by atoms with E-state index in [1.165, 1.54) is 0 Å². The molecule has 0 spiro atoms. The van der Waals surface area contributed by atoms with Gasteiger partial charge in [-0.3, -0.25) is 4.79 Å². The van der Waals surface area contributed by atoms with Crippen molar-refractivity contribution in [1.82, 2.24) is 9.55 Å². The molecule has 0 bridgehead atoms. The molecule has 0 saturated carbocycles. The molecule has 1 aromatic heterocycles. The number of methoxy groups -OCH3 is 1. The molecule has 120 valence electrons. The molecule has 0 radical (unpaired) electrons. The molecule has 4 heteroatoms. The Hall–Kier alpha value is -3.14. The van der Waals surface area contributed by atoms with Crippen LogP contribution in [0.15, 0.2) is 73.3 Å². The molecule has 24 heavy (non-hydrogen) atoms. The van der Waals surface area contributed by atoms with Crippen LogP contribution in [0, 0.1) is 0 Å². The summed E-state index contributed by atoms with van der Waals surface area (Å²) in [6, 6.07) is 15.2. The summed E-state index contributed by atoms with van der Waals surface area (Å²) in [7, 11) is 1.63. The highest BCUT2D eigenvalue weighted by Crippen LogP contribution is 2.13. The fraction of sp³-hybridized carbons (Fsp3) is 0.100. The molecular formula is C20H18N2O2. The van der Waals surface area contributed by atoms with Gasteiger partial charge in [-0.2, -0.15) is 0 Å². The zero-order valence-corrected chi connectivity index (χ0v) is 13.4. The predicted octanol–water partition coefficient (Wildman–Crippen LogP) is 3.84. The Morgan fingerprint density at radius 3 is 2.50 bits per heavy atom. The number of benzene rings is 2. The summed E-state index contributed by atoms with van der Waals surface area (Å²) in [5, 5.41) is 0. The van der Waals surface area contributed by atoms with Crippen LogP contribution in [-0.4, -0.2) is 22.4 Å². The summed E-state index contributed by atoms with van der Waals surface area (Å²) in [6.07, 6.45) is 8.84. The van der Waals surface area contributed by atoms with Crippen molar-refractivity contribution in [3.8, 4) is 5.75 Å². The summed E-state index contributed by atoms with van der Waals surface area (Å²) >= 11 is 0. The van der Waals surface area contributed by atoms with Gasteiger partial charge >= 0.3 is 0 Å². The van der Waals surface area contributed by atoms with Gasteiger partial charge < -0.3 is 9.30 Å². The monoisotopic (exact) mass is 318 g/mol. The van der Waals surface area contributed by atoms with Crippen molar-refractivity contribution in [2.24, 2.45) is 0 Å². The zero-order valence-electron chi connectivity index (χ0n) is 13.4. The molecule has 0 aliphatic rings. The Morgan fingerprint density at radius 1 is 1.12 bits per heavy atom. The molecule has 0 saturated heterocycles. The summed E-state index contributed by atoms with van der Waals surface area (Å²) in [4.78, 5) is 16.3. The van der Waals surface area contributed by atoms with E-state index in [1.54, 1.807) is 31.8 Å². The summed E-state index contributed by atoms with van der Waals surface area (Å²) in [5.74, 6) is 0.784. The lowest BCUT2D eigenvalue weighted by Gasteiger charge is -2.03. The lowest BCUT2D eigenvalue weighted by molar-refractivity contribution is 0.104. The van der Waals surface area contributed by atoms with Crippen molar-refractivity contribution in [3.63, 3.8) is 0 Å². The number of aromatic nitrogens is 2. The molecule has 0 amide bonds. The third-order valence-electron chi connectivity index (χ3n) is 3.71. The Balaban J connectivity index is 1.64. The lowest BCUT2D eigenvalue weighted by Crippen LogP contribution is -1.98. The SMILES string of the molecule is COc1ccc(/C=C/C(=O)c2ccc(Cn3ccnc3)cc2)cc1. The number of carbonyl (C=O) groups excluding carboxylic acids is 1. The summed E-state index contributed by atoms with van der Waals surface area (Å²) in [6.45, 7) is 0.746. The standard InChI is InChI=1S/C20H18N2O2/c1-24-19-9-4-16(5-10-19)6-11-20(23)18-7-2-17(3-8-18)14-22-13-12-21-15-22/h2-13,15H,14H2,1H3/b11-6+. The van der Waals surface area contributed by atoms with E-state index in [9.17, 15) is 4.79 Å². The van der Waals surface area contributed by atoms with Crippen LogP contribution in [0.2, 0.25) is 0 Å². The molecule has 0 aliphatic carbocycles. The van der Waals surface area contributed by atoms with Crippen LogP contribution in [0.5, 0.6) is 5.75 Å². The van der Waals surface area contributed by atoms with Crippen molar-refractivity contribution in [2.75, 3.05) is 7.11 Å². The maximum absolute atomic E-state index is 12.2. The van der Waals surface area contributed by atoms with Gasteiger partial charge in [0, 0.05) is 24.5 Å². The van der Waals surface area contributed by atoms with Gasteiger partial charge in [0.15, 0.2) is 5.78 Å². The van der Waals surface area contributed by atoms with Crippen LogP contribution in [0.25, 0.3) is 6.08 Å². The molecule has 0 atom stereocenters. The van der Waals surface area contributed by atoms with Crippen LogP contribution in [0.4, 0.5) is 0 Å². The number of hydrogen-bond donors (Lipinski definition) is 0. The number of allylic oxidation sites excluding steroid dienone is 1. The minimum atomic E-state index is -0.0139.